The molecule has 1 aliphatic heterocycles. The molecular formula is C18H16FNO4. The summed E-state index contributed by atoms with van der Waals surface area (Å²) in [5.74, 6) is -1.67. The molecular weight excluding hydrogens is 313 g/mol. The van der Waals surface area contributed by atoms with Crippen LogP contribution in [-0.4, -0.2) is 23.2 Å². The van der Waals surface area contributed by atoms with Crippen molar-refractivity contribution < 1.29 is 23.8 Å². The average molecular weight is 329 g/mol. The average Bonchev–Trinajstić information content (AvgIpc) is 2.93. The minimum Gasteiger partial charge on any atom is -0.480 e. The number of carboxylic acids is 1. The first-order valence-electron chi connectivity index (χ1n) is 7.49. The Balaban J connectivity index is 1.87. The van der Waals surface area contributed by atoms with Crippen molar-refractivity contribution >= 4 is 17.7 Å². The quantitative estimate of drug-likeness (QED) is 0.938. The Morgan fingerprint density at radius 1 is 1.29 bits per heavy atom. The van der Waals surface area contributed by atoms with Gasteiger partial charge in [-0.2, -0.15) is 0 Å². The zero-order valence-electron chi connectivity index (χ0n) is 13.0. The predicted molar refractivity (Wildman–Crippen MR) is 85.4 cm³/mol. The topological polar surface area (TPSA) is 66.8 Å². The highest BCUT2D eigenvalue weighted by Crippen LogP contribution is 2.36. The Kier molecular flexibility index (Phi) is 4.20. The van der Waals surface area contributed by atoms with E-state index < -0.39 is 23.9 Å². The Bertz CT molecular complexity index is 791. The van der Waals surface area contributed by atoms with E-state index in [1.807, 2.05) is 18.2 Å². The number of anilines is 1. The number of benzene rings is 2. The first-order valence-corrected chi connectivity index (χ1v) is 7.49. The molecule has 1 amide bonds. The lowest BCUT2D eigenvalue weighted by Gasteiger charge is -2.22. The molecule has 0 unspecified atom stereocenters. The van der Waals surface area contributed by atoms with Gasteiger partial charge in [0, 0.05) is 6.42 Å². The number of hydrogen-bond acceptors (Lipinski definition) is 3. The van der Waals surface area contributed by atoms with Crippen LogP contribution in [0.25, 0.3) is 0 Å². The van der Waals surface area contributed by atoms with Crippen LogP contribution in [0, 0.1) is 12.7 Å². The van der Waals surface area contributed by atoms with Gasteiger partial charge in [-0.05, 0) is 35.7 Å². The van der Waals surface area contributed by atoms with Crippen LogP contribution in [0.2, 0.25) is 0 Å². The van der Waals surface area contributed by atoms with Crippen molar-refractivity contribution in [3.63, 3.8) is 0 Å². The molecule has 0 aliphatic carbocycles. The van der Waals surface area contributed by atoms with E-state index in [1.165, 1.54) is 12.1 Å². The van der Waals surface area contributed by atoms with Crippen molar-refractivity contribution in [2.45, 2.75) is 26.0 Å². The summed E-state index contributed by atoms with van der Waals surface area (Å²) in [5, 5.41) is 9.41. The van der Waals surface area contributed by atoms with Crippen molar-refractivity contribution in [3.8, 4) is 0 Å². The molecule has 0 saturated heterocycles. The molecule has 0 radical (unpaired) electrons. The van der Waals surface area contributed by atoms with E-state index in [0.29, 0.717) is 11.1 Å². The van der Waals surface area contributed by atoms with Crippen molar-refractivity contribution in [3.05, 3.63) is 65.0 Å². The molecule has 0 aromatic heterocycles. The second kappa shape index (κ2) is 6.31. The Labute approximate surface area is 138 Å². The fourth-order valence-electron chi connectivity index (χ4n) is 2.90. The largest absolute Gasteiger partial charge is 0.480 e. The third-order valence-corrected chi connectivity index (χ3v) is 4.07. The van der Waals surface area contributed by atoms with Crippen molar-refractivity contribution in [1.29, 1.82) is 0 Å². The fraction of sp³-hybridized carbons (Fsp3) is 0.222. The van der Waals surface area contributed by atoms with Gasteiger partial charge in [0.1, 0.15) is 18.5 Å². The molecule has 5 nitrogen and oxygen atoms in total. The number of halogens is 1. The molecule has 2 aromatic rings. The highest BCUT2D eigenvalue weighted by Gasteiger charge is 2.40. The van der Waals surface area contributed by atoms with Gasteiger partial charge in [-0.25, -0.2) is 14.0 Å². The van der Waals surface area contributed by atoms with Gasteiger partial charge in [-0.3, -0.25) is 4.90 Å². The summed E-state index contributed by atoms with van der Waals surface area (Å²) in [5.41, 5.74) is 2.32. The monoisotopic (exact) mass is 329 g/mol. The molecule has 6 heteroatoms. The van der Waals surface area contributed by atoms with Gasteiger partial charge in [-0.1, -0.05) is 30.3 Å². The Morgan fingerprint density at radius 3 is 2.67 bits per heavy atom. The zero-order valence-corrected chi connectivity index (χ0v) is 13.0. The summed E-state index contributed by atoms with van der Waals surface area (Å²) >= 11 is 0. The van der Waals surface area contributed by atoms with Crippen LogP contribution in [0.5, 0.6) is 0 Å². The molecule has 0 fully saturated rings. The minimum atomic E-state index is -1.15. The molecule has 3 rings (SSSR count). The van der Waals surface area contributed by atoms with E-state index >= 15 is 0 Å². The maximum Gasteiger partial charge on any atom is 0.415 e. The number of hydrogen-bond donors (Lipinski definition) is 1. The number of nitrogens with zero attached hydrogens (tertiary/aromatic N) is 1. The van der Waals surface area contributed by atoms with Gasteiger partial charge in [0.25, 0.3) is 0 Å². The molecule has 1 heterocycles. The van der Waals surface area contributed by atoms with Crippen LogP contribution >= 0.6 is 0 Å². The molecule has 1 atom stereocenters. The number of carboxylic acid groups (broad SMARTS) is 1. The summed E-state index contributed by atoms with van der Waals surface area (Å²) in [6.07, 6.45) is -0.660. The van der Waals surface area contributed by atoms with Crippen LogP contribution in [0.3, 0.4) is 0 Å². The van der Waals surface area contributed by atoms with Gasteiger partial charge in [0.2, 0.25) is 0 Å². The molecule has 2 aromatic carbocycles. The lowest BCUT2D eigenvalue weighted by molar-refractivity contribution is -0.138. The van der Waals surface area contributed by atoms with Gasteiger partial charge in [-0.15, -0.1) is 0 Å². The standard InChI is InChI=1S/C18H16FNO4/c1-11-7-13(19)8-15-14(11)9-16(17(21)22)20(15)18(23)24-10-12-5-3-2-4-6-12/h2-8,16H,9-10H2,1H3,(H,21,22)/t16-/m0/s1. The summed E-state index contributed by atoms with van der Waals surface area (Å²) in [4.78, 5) is 25.0. The van der Waals surface area contributed by atoms with Gasteiger partial charge in [0.05, 0.1) is 5.69 Å². The number of aliphatic carboxylic acids is 1. The lowest BCUT2D eigenvalue weighted by Crippen LogP contribution is -2.43. The highest BCUT2D eigenvalue weighted by atomic mass is 19.1. The Hall–Kier alpha value is -2.89. The highest BCUT2D eigenvalue weighted by molar-refractivity contribution is 5.98. The number of amides is 1. The number of aryl methyl sites for hydroxylation is 1. The van der Waals surface area contributed by atoms with Crippen molar-refractivity contribution in [1.82, 2.24) is 0 Å². The smallest absolute Gasteiger partial charge is 0.415 e. The molecule has 24 heavy (non-hydrogen) atoms. The van der Waals surface area contributed by atoms with Crippen molar-refractivity contribution in [2.75, 3.05) is 4.90 Å². The maximum absolute atomic E-state index is 13.7. The first kappa shape index (κ1) is 16.0. The molecule has 0 bridgehead atoms. The Morgan fingerprint density at radius 2 is 2.00 bits per heavy atom. The third-order valence-electron chi connectivity index (χ3n) is 4.07. The molecule has 1 aliphatic rings. The summed E-state index contributed by atoms with van der Waals surface area (Å²) in [6, 6.07) is 10.5. The van der Waals surface area contributed by atoms with Gasteiger partial charge in [0.15, 0.2) is 0 Å². The van der Waals surface area contributed by atoms with Gasteiger partial charge >= 0.3 is 12.1 Å². The van der Waals surface area contributed by atoms with E-state index in [2.05, 4.69) is 0 Å². The van der Waals surface area contributed by atoms with E-state index in [1.54, 1.807) is 19.1 Å². The second-order valence-electron chi connectivity index (χ2n) is 5.69. The molecule has 0 spiro atoms. The zero-order chi connectivity index (χ0) is 17.3. The number of rotatable bonds is 3. The van der Waals surface area contributed by atoms with E-state index in [4.69, 9.17) is 4.74 Å². The number of ether oxygens (including phenoxy) is 1. The van der Waals surface area contributed by atoms with E-state index in [-0.39, 0.29) is 18.7 Å². The van der Waals surface area contributed by atoms with Crippen LogP contribution in [0.15, 0.2) is 42.5 Å². The molecule has 1 N–H and O–H groups in total. The maximum atomic E-state index is 13.7. The summed E-state index contributed by atoms with van der Waals surface area (Å²) < 4.78 is 18.9. The van der Waals surface area contributed by atoms with Crippen LogP contribution < -0.4 is 4.90 Å². The fourth-order valence-corrected chi connectivity index (χ4v) is 2.90. The summed E-state index contributed by atoms with van der Waals surface area (Å²) in [6.45, 7) is 1.71. The van der Waals surface area contributed by atoms with E-state index in [0.717, 1.165) is 10.5 Å². The normalized spacial score (nSPS) is 15.9. The number of carbonyl (C=O) groups excluding carboxylic acids is 1. The van der Waals surface area contributed by atoms with Crippen LogP contribution in [0.1, 0.15) is 16.7 Å². The second-order valence-corrected chi connectivity index (χ2v) is 5.69. The minimum absolute atomic E-state index is 0.0200. The number of carbonyl (C=O) groups is 2. The lowest BCUT2D eigenvalue weighted by atomic mass is 10.0. The van der Waals surface area contributed by atoms with Crippen LogP contribution in [0.4, 0.5) is 14.9 Å². The van der Waals surface area contributed by atoms with Gasteiger partial charge < -0.3 is 9.84 Å². The van der Waals surface area contributed by atoms with Crippen molar-refractivity contribution in [2.24, 2.45) is 0 Å². The SMILES string of the molecule is Cc1cc(F)cc2c1C[C@@H](C(=O)O)N2C(=O)OCc1ccccc1. The third kappa shape index (κ3) is 2.95. The molecule has 0 saturated carbocycles. The number of fused-ring (bicyclic) bond motifs is 1. The first-order chi connectivity index (χ1) is 11.5. The van der Waals surface area contributed by atoms with Crippen LogP contribution in [-0.2, 0) is 22.6 Å². The predicted octanol–water partition coefficient (Wildman–Crippen LogP) is 3.29. The van der Waals surface area contributed by atoms with E-state index in [9.17, 15) is 19.1 Å². The summed E-state index contributed by atoms with van der Waals surface area (Å²) in [7, 11) is 0. The molecule has 124 valence electrons.